The summed E-state index contributed by atoms with van der Waals surface area (Å²) in [6.45, 7) is 2.39. The van der Waals surface area contributed by atoms with Crippen molar-refractivity contribution in [2.45, 2.75) is 6.92 Å². The summed E-state index contributed by atoms with van der Waals surface area (Å²) in [5.74, 6) is 1.09. The number of ether oxygens (including phenoxy) is 2. The molecule has 2 rings (SSSR count). The van der Waals surface area contributed by atoms with Gasteiger partial charge in [-0.3, -0.25) is 4.79 Å². The van der Waals surface area contributed by atoms with Crippen LogP contribution in [-0.4, -0.2) is 19.6 Å². The molecule has 1 N–H and O–H groups in total. The van der Waals surface area contributed by atoms with Crippen molar-refractivity contribution in [1.29, 1.82) is 0 Å². The minimum atomic E-state index is -0.330. The Kier molecular flexibility index (Phi) is 4.68. The lowest BCUT2D eigenvalue weighted by Gasteiger charge is -2.11. The summed E-state index contributed by atoms with van der Waals surface area (Å²) < 4.78 is 16.3. The fourth-order valence-corrected chi connectivity index (χ4v) is 1.96. The smallest absolute Gasteiger partial charge is 0.291 e. The van der Waals surface area contributed by atoms with Gasteiger partial charge < -0.3 is 19.2 Å². The first-order valence-electron chi connectivity index (χ1n) is 6.01. The van der Waals surface area contributed by atoms with E-state index in [4.69, 9.17) is 13.9 Å². The number of rotatable bonds is 5. The van der Waals surface area contributed by atoms with Crippen LogP contribution in [0.1, 0.15) is 17.5 Å². The highest BCUT2D eigenvalue weighted by Crippen LogP contribution is 2.30. The predicted molar refractivity (Wildman–Crippen MR) is 78.5 cm³/mol. The SMILES string of the molecule is CCOc1cc(NC(=O)c2ccc(Br)o2)ccc1OC. The van der Waals surface area contributed by atoms with Crippen LogP contribution in [0.3, 0.4) is 0 Å². The fraction of sp³-hybridized carbons (Fsp3) is 0.214. The van der Waals surface area contributed by atoms with Crippen molar-refractivity contribution in [3.05, 3.63) is 40.8 Å². The second-order valence-electron chi connectivity index (χ2n) is 3.86. The molecule has 0 radical (unpaired) electrons. The molecule has 20 heavy (non-hydrogen) atoms. The molecular weight excluding hydrogens is 326 g/mol. The Balaban J connectivity index is 2.17. The zero-order valence-corrected chi connectivity index (χ0v) is 12.7. The number of carbonyl (C=O) groups excluding carboxylic acids is 1. The van der Waals surface area contributed by atoms with E-state index in [-0.39, 0.29) is 11.7 Å². The average molecular weight is 340 g/mol. The van der Waals surface area contributed by atoms with Gasteiger partial charge >= 0.3 is 0 Å². The molecular formula is C14H14BrNO4. The van der Waals surface area contributed by atoms with Crippen LogP contribution in [0.15, 0.2) is 39.4 Å². The Morgan fingerprint density at radius 3 is 2.70 bits per heavy atom. The lowest BCUT2D eigenvalue weighted by Crippen LogP contribution is -2.11. The van der Waals surface area contributed by atoms with Crippen molar-refractivity contribution in [3.8, 4) is 11.5 Å². The number of hydrogen-bond acceptors (Lipinski definition) is 4. The number of anilines is 1. The summed E-state index contributed by atoms with van der Waals surface area (Å²) in [6, 6.07) is 8.43. The first-order valence-corrected chi connectivity index (χ1v) is 6.81. The molecule has 0 saturated heterocycles. The van der Waals surface area contributed by atoms with Crippen molar-refractivity contribution in [2.75, 3.05) is 19.0 Å². The maximum absolute atomic E-state index is 12.0. The summed E-state index contributed by atoms with van der Waals surface area (Å²) >= 11 is 3.15. The number of furan rings is 1. The second-order valence-corrected chi connectivity index (χ2v) is 4.64. The molecule has 0 spiro atoms. The molecule has 0 saturated carbocycles. The van der Waals surface area contributed by atoms with E-state index >= 15 is 0 Å². The number of nitrogens with one attached hydrogen (secondary N) is 1. The van der Waals surface area contributed by atoms with E-state index in [2.05, 4.69) is 21.2 Å². The maximum Gasteiger partial charge on any atom is 0.291 e. The molecule has 1 heterocycles. The van der Waals surface area contributed by atoms with E-state index in [0.29, 0.717) is 28.5 Å². The normalized spacial score (nSPS) is 10.2. The molecule has 1 amide bonds. The average Bonchev–Trinajstić information content (AvgIpc) is 2.86. The first kappa shape index (κ1) is 14.5. The Hall–Kier alpha value is -1.95. The first-order chi connectivity index (χ1) is 9.63. The quantitative estimate of drug-likeness (QED) is 0.902. The molecule has 0 unspecified atom stereocenters. The van der Waals surface area contributed by atoms with E-state index in [1.54, 1.807) is 37.4 Å². The zero-order chi connectivity index (χ0) is 14.5. The van der Waals surface area contributed by atoms with Crippen molar-refractivity contribution in [3.63, 3.8) is 0 Å². The van der Waals surface area contributed by atoms with E-state index in [9.17, 15) is 4.79 Å². The van der Waals surface area contributed by atoms with Gasteiger partial charge in [0.15, 0.2) is 21.9 Å². The van der Waals surface area contributed by atoms with Gasteiger partial charge in [0.2, 0.25) is 0 Å². The van der Waals surface area contributed by atoms with Crippen LogP contribution in [0, 0.1) is 0 Å². The van der Waals surface area contributed by atoms with Crippen molar-refractivity contribution < 1.29 is 18.7 Å². The zero-order valence-electron chi connectivity index (χ0n) is 11.1. The largest absolute Gasteiger partial charge is 0.493 e. The highest BCUT2D eigenvalue weighted by atomic mass is 79.9. The van der Waals surface area contributed by atoms with Gasteiger partial charge in [-0.05, 0) is 47.1 Å². The van der Waals surface area contributed by atoms with E-state index in [1.807, 2.05) is 6.92 Å². The molecule has 1 aromatic heterocycles. The monoisotopic (exact) mass is 339 g/mol. The third-order valence-electron chi connectivity index (χ3n) is 2.52. The molecule has 6 heteroatoms. The minimum Gasteiger partial charge on any atom is -0.493 e. The van der Waals surface area contributed by atoms with Crippen molar-refractivity contribution >= 4 is 27.5 Å². The maximum atomic E-state index is 12.0. The van der Waals surface area contributed by atoms with Crippen LogP contribution in [0.2, 0.25) is 0 Å². The lowest BCUT2D eigenvalue weighted by molar-refractivity contribution is 0.0995. The van der Waals surface area contributed by atoms with Gasteiger partial charge in [-0.2, -0.15) is 0 Å². The number of carbonyl (C=O) groups is 1. The van der Waals surface area contributed by atoms with Crippen molar-refractivity contribution in [1.82, 2.24) is 0 Å². The molecule has 2 aromatic rings. The Morgan fingerprint density at radius 1 is 1.30 bits per heavy atom. The Morgan fingerprint density at radius 2 is 2.10 bits per heavy atom. The topological polar surface area (TPSA) is 60.7 Å². The van der Waals surface area contributed by atoms with Gasteiger partial charge in [0.1, 0.15) is 0 Å². The summed E-state index contributed by atoms with van der Waals surface area (Å²) in [4.78, 5) is 12.0. The fourth-order valence-electron chi connectivity index (χ4n) is 1.65. The molecule has 0 fully saturated rings. The van der Waals surface area contributed by atoms with E-state index in [1.165, 1.54) is 0 Å². The number of hydrogen-bond donors (Lipinski definition) is 1. The number of halogens is 1. The molecule has 5 nitrogen and oxygen atoms in total. The van der Waals surface area contributed by atoms with Crippen molar-refractivity contribution in [2.24, 2.45) is 0 Å². The van der Waals surface area contributed by atoms with Gasteiger partial charge in [0.05, 0.1) is 13.7 Å². The summed E-state index contributed by atoms with van der Waals surface area (Å²) in [7, 11) is 1.57. The summed E-state index contributed by atoms with van der Waals surface area (Å²) in [6.07, 6.45) is 0. The van der Waals surface area contributed by atoms with Crippen LogP contribution < -0.4 is 14.8 Å². The van der Waals surface area contributed by atoms with Crippen LogP contribution >= 0.6 is 15.9 Å². The molecule has 0 bridgehead atoms. The Bertz CT molecular complexity index is 609. The van der Waals surface area contributed by atoms with Gasteiger partial charge in [0.25, 0.3) is 5.91 Å². The van der Waals surface area contributed by atoms with Gasteiger partial charge in [-0.1, -0.05) is 0 Å². The third kappa shape index (κ3) is 3.33. The standard InChI is InChI=1S/C14H14BrNO4/c1-3-19-12-8-9(4-5-10(12)18-2)16-14(17)11-6-7-13(15)20-11/h4-8H,3H2,1-2H3,(H,16,17). The minimum absolute atomic E-state index is 0.227. The van der Waals surface area contributed by atoms with Crippen LogP contribution in [0.25, 0.3) is 0 Å². The van der Waals surface area contributed by atoms with Gasteiger partial charge in [0, 0.05) is 11.8 Å². The van der Waals surface area contributed by atoms with E-state index < -0.39 is 0 Å². The second kappa shape index (κ2) is 6.47. The highest BCUT2D eigenvalue weighted by Gasteiger charge is 2.12. The highest BCUT2D eigenvalue weighted by molar-refractivity contribution is 9.10. The van der Waals surface area contributed by atoms with Crippen LogP contribution in [0.5, 0.6) is 11.5 Å². The molecule has 106 valence electrons. The summed E-state index contributed by atoms with van der Waals surface area (Å²) in [5.41, 5.74) is 0.603. The lowest BCUT2D eigenvalue weighted by atomic mass is 10.2. The predicted octanol–water partition coefficient (Wildman–Crippen LogP) is 3.70. The van der Waals surface area contributed by atoms with Gasteiger partial charge in [-0.15, -0.1) is 0 Å². The molecule has 0 aliphatic heterocycles. The number of benzene rings is 1. The molecule has 0 atom stereocenters. The third-order valence-corrected chi connectivity index (χ3v) is 2.94. The number of methoxy groups -OCH3 is 1. The van der Waals surface area contributed by atoms with Gasteiger partial charge in [-0.25, -0.2) is 0 Å². The van der Waals surface area contributed by atoms with E-state index in [0.717, 1.165) is 0 Å². The van der Waals surface area contributed by atoms with Crippen LogP contribution in [0.4, 0.5) is 5.69 Å². The Labute approximate surface area is 125 Å². The van der Waals surface area contributed by atoms with Crippen LogP contribution in [-0.2, 0) is 0 Å². The molecule has 1 aromatic carbocycles. The number of amides is 1. The summed E-state index contributed by atoms with van der Waals surface area (Å²) in [5, 5.41) is 2.73. The molecule has 0 aliphatic rings. The molecule has 0 aliphatic carbocycles.